The molecule has 2 aliphatic rings. The van der Waals surface area contributed by atoms with Gasteiger partial charge in [0.25, 0.3) is 5.56 Å². The number of H-pyrrole nitrogens is 1. The third-order valence-electron chi connectivity index (χ3n) is 5.88. The van der Waals surface area contributed by atoms with Crippen molar-refractivity contribution in [2.24, 2.45) is 5.92 Å². The number of hydrogen-bond donors (Lipinski definition) is 2. The molecule has 0 spiro atoms. The Bertz CT molecular complexity index is 849. The summed E-state index contributed by atoms with van der Waals surface area (Å²) in [6.45, 7) is 4.48. The molecule has 1 aromatic heterocycles. The van der Waals surface area contributed by atoms with Crippen molar-refractivity contribution in [2.75, 3.05) is 0 Å². The van der Waals surface area contributed by atoms with E-state index in [0.29, 0.717) is 27.7 Å². The van der Waals surface area contributed by atoms with Gasteiger partial charge in [0.1, 0.15) is 5.75 Å². The average molecular weight is 375 g/mol. The van der Waals surface area contributed by atoms with Crippen LogP contribution in [0.4, 0.5) is 0 Å². The second kappa shape index (κ2) is 6.90. The van der Waals surface area contributed by atoms with Crippen molar-refractivity contribution in [3.8, 4) is 5.75 Å². The normalized spacial score (nSPS) is 26.4. The zero-order valence-corrected chi connectivity index (χ0v) is 16.2. The van der Waals surface area contributed by atoms with E-state index in [1.807, 2.05) is 12.1 Å². The van der Waals surface area contributed by atoms with Crippen LogP contribution >= 0.6 is 11.6 Å². The monoisotopic (exact) mass is 374 g/mol. The Labute approximate surface area is 159 Å². The smallest absolute Gasteiger partial charge is 0.255 e. The van der Waals surface area contributed by atoms with Crippen molar-refractivity contribution in [3.05, 3.63) is 39.8 Å². The molecular weight excluding hydrogens is 348 g/mol. The predicted octanol–water partition coefficient (Wildman–Crippen LogP) is 4.65. The van der Waals surface area contributed by atoms with Gasteiger partial charge in [-0.3, -0.25) is 4.79 Å². The van der Waals surface area contributed by atoms with E-state index in [1.54, 1.807) is 12.3 Å². The lowest BCUT2D eigenvalue weighted by Crippen LogP contribution is -2.53. The van der Waals surface area contributed by atoms with Crippen molar-refractivity contribution in [2.45, 2.75) is 70.1 Å². The number of pyridine rings is 1. The van der Waals surface area contributed by atoms with E-state index >= 15 is 0 Å². The first-order chi connectivity index (χ1) is 12.5. The summed E-state index contributed by atoms with van der Waals surface area (Å²) in [5, 5.41) is 5.83. The van der Waals surface area contributed by atoms with E-state index in [1.165, 1.54) is 12.8 Å². The Balaban J connectivity index is 1.48. The first kappa shape index (κ1) is 17.9. The number of nitrogens with one attached hydrogen (secondary N) is 2. The van der Waals surface area contributed by atoms with Crippen LogP contribution in [0.25, 0.3) is 10.8 Å². The summed E-state index contributed by atoms with van der Waals surface area (Å²) in [6.07, 6.45) is 8.96. The molecule has 0 saturated heterocycles. The second-order valence-corrected chi connectivity index (χ2v) is 8.63. The van der Waals surface area contributed by atoms with Gasteiger partial charge < -0.3 is 15.0 Å². The fourth-order valence-corrected chi connectivity index (χ4v) is 4.77. The summed E-state index contributed by atoms with van der Waals surface area (Å²) in [7, 11) is 0. The number of rotatable bonds is 5. The van der Waals surface area contributed by atoms with Gasteiger partial charge in [-0.1, -0.05) is 25.4 Å². The molecule has 0 unspecified atom stereocenters. The maximum Gasteiger partial charge on any atom is 0.255 e. The number of hydrogen-bond acceptors (Lipinski definition) is 3. The van der Waals surface area contributed by atoms with Gasteiger partial charge in [-0.05, 0) is 68.0 Å². The standard InChI is InChI=1S/C21H27ClN2O2/c1-13(2)24-21(15-3-4-15)8-5-16(6-9-21)26-19-11-14-7-10-23-20(25)17(14)12-18(19)22/h7,10-13,15-16,24H,3-6,8-9H2,1-2H3,(H,23,25)/t16-,21-. The molecule has 0 atom stereocenters. The molecule has 2 saturated carbocycles. The van der Waals surface area contributed by atoms with Gasteiger partial charge in [0.2, 0.25) is 0 Å². The number of benzene rings is 1. The first-order valence-corrected chi connectivity index (χ1v) is 10.1. The van der Waals surface area contributed by atoms with Crippen LogP contribution in [-0.4, -0.2) is 22.7 Å². The molecule has 0 radical (unpaired) electrons. The zero-order chi connectivity index (χ0) is 18.3. The fourth-order valence-electron chi connectivity index (χ4n) is 4.56. The summed E-state index contributed by atoms with van der Waals surface area (Å²) in [6, 6.07) is 6.00. The Hall–Kier alpha value is -1.52. The molecule has 0 bridgehead atoms. The molecule has 2 N–H and O–H groups in total. The van der Waals surface area contributed by atoms with E-state index in [-0.39, 0.29) is 11.7 Å². The molecule has 2 aromatic rings. The van der Waals surface area contributed by atoms with Crippen LogP contribution in [0.2, 0.25) is 5.02 Å². The van der Waals surface area contributed by atoms with Crippen molar-refractivity contribution in [1.82, 2.24) is 10.3 Å². The van der Waals surface area contributed by atoms with Gasteiger partial charge in [-0.25, -0.2) is 0 Å². The Morgan fingerprint density at radius 1 is 1.23 bits per heavy atom. The molecule has 5 heteroatoms. The van der Waals surface area contributed by atoms with Gasteiger partial charge in [0.15, 0.2) is 0 Å². The molecule has 140 valence electrons. The maximum atomic E-state index is 11.9. The summed E-state index contributed by atoms with van der Waals surface area (Å²) in [4.78, 5) is 14.6. The fraction of sp³-hybridized carbons (Fsp3) is 0.571. The minimum atomic E-state index is -0.123. The number of ether oxygens (including phenoxy) is 1. The summed E-state index contributed by atoms with van der Waals surface area (Å²) in [5.74, 6) is 1.52. The molecule has 4 rings (SSSR count). The number of fused-ring (bicyclic) bond motifs is 1. The molecule has 0 amide bonds. The zero-order valence-electron chi connectivity index (χ0n) is 15.5. The van der Waals surface area contributed by atoms with Gasteiger partial charge >= 0.3 is 0 Å². The SMILES string of the molecule is CC(C)N[C@]1(C2CC2)CC[C@@H](Oc2cc3cc[nH]c(=O)c3cc2Cl)CC1. The van der Waals surface area contributed by atoms with Gasteiger partial charge in [0, 0.05) is 23.2 Å². The number of halogens is 1. The Kier molecular flexibility index (Phi) is 4.74. The highest BCUT2D eigenvalue weighted by molar-refractivity contribution is 6.32. The van der Waals surface area contributed by atoms with Crippen LogP contribution in [0.5, 0.6) is 5.75 Å². The molecule has 1 aromatic carbocycles. The summed E-state index contributed by atoms with van der Waals surface area (Å²) in [5.41, 5.74) is 0.178. The third kappa shape index (κ3) is 3.49. The molecule has 2 aliphatic carbocycles. The highest BCUT2D eigenvalue weighted by Crippen LogP contribution is 2.48. The van der Waals surface area contributed by atoms with Crippen molar-refractivity contribution >= 4 is 22.4 Å². The molecule has 26 heavy (non-hydrogen) atoms. The Morgan fingerprint density at radius 2 is 1.96 bits per heavy atom. The van der Waals surface area contributed by atoms with Crippen LogP contribution in [0.3, 0.4) is 0 Å². The van der Waals surface area contributed by atoms with Gasteiger partial charge in [-0.15, -0.1) is 0 Å². The van der Waals surface area contributed by atoms with E-state index in [4.69, 9.17) is 16.3 Å². The van der Waals surface area contributed by atoms with Crippen LogP contribution in [0, 0.1) is 5.92 Å². The first-order valence-electron chi connectivity index (χ1n) is 9.72. The van der Waals surface area contributed by atoms with E-state index in [2.05, 4.69) is 24.1 Å². The molecule has 1 heterocycles. The second-order valence-electron chi connectivity index (χ2n) is 8.22. The quantitative estimate of drug-likeness (QED) is 0.800. The number of aromatic nitrogens is 1. The van der Waals surface area contributed by atoms with Crippen molar-refractivity contribution < 1.29 is 4.74 Å². The number of aromatic amines is 1. The van der Waals surface area contributed by atoms with Gasteiger partial charge in [-0.2, -0.15) is 0 Å². The van der Waals surface area contributed by atoms with E-state index in [0.717, 1.165) is 37.0 Å². The highest BCUT2D eigenvalue weighted by Gasteiger charge is 2.47. The third-order valence-corrected chi connectivity index (χ3v) is 6.17. The highest BCUT2D eigenvalue weighted by atomic mass is 35.5. The summed E-state index contributed by atoms with van der Waals surface area (Å²) < 4.78 is 6.26. The topological polar surface area (TPSA) is 54.1 Å². The minimum Gasteiger partial charge on any atom is -0.489 e. The largest absolute Gasteiger partial charge is 0.489 e. The van der Waals surface area contributed by atoms with Crippen LogP contribution in [0.15, 0.2) is 29.2 Å². The lowest BCUT2D eigenvalue weighted by Gasteiger charge is -2.43. The maximum absolute atomic E-state index is 11.9. The van der Waals surface area contributed by atoms with E-state index in [9.17, 15) is 4.79 Å². The van der Waals surface area contributed by atoms with E-state index < -0.39 is 0 Å². The van der Waals surface area contributed by atoms with Crippen LogP contribution in [0.1, 0.15) is 52.4 Å². The molecule has 0 aliphatic heterocycles. The molecular formula is C21H27ClN2O2. The average Bonchev–Trinajstić information content (AvgIpc) is 3.43. The Morgan fingerprint density at radius 3 is 2.62 bits per heavy atom. The van der Waals surface area contributed by atoms with Gasteiger partial charge in [0.05, 0.1) is 11.1 Å². The lowest BCUT2D eigenvalue weighted by molar-refractivity contribution is 0.0860. The lowest BCUT2D eigenvalue weighted by atomic mass is 9.76. The molecule has 2 fully saturated rings. The summed E-state index contributed by atoms with van der Waals surface area (Å²) >= 11 is 6.39. The minimum absolute atomic E-state index is 0.123. The van der Waals surface area contributed by atoms with Crippen molar-refractivity contribution in [1.29, 1.82) is 0 Å². The predicted molar refractivity (Wildman–Crippen MR) is 106 cm³/mol. The van der Waals surface area contributed by atoms with Crippen LogP contribution in [-0.2, 0) is 0 Å². The van der Waals surface area contributed by atoms with Crippen LogP contribution < -0.4 is 15.6 Å². The molecule has 4 nitrogen and oxygen atoms in total. The van der Waals surface area contributed by atoms with Crippen molar-refractivity contribution in [3.63, 3.8) is 0 Å².